The molecule has 0 fully saturated rings. The first-order chi connectivity index (χ1) is 7.90. The van der Waals surface area contributed by atoms with Gasteiger partial charge in [0.2, 0.25) is 0 Å². The van der Waals surface area contributed by atoms with Gasteiger partial charge in [-0.05, 0) is 41.4 Å². The summed E-state index contributed by atoms with van der Waals surface area (Å²) in [5.74, 6) is -1.93. The average molecular weight is 307 g/mol. The minimum Gasteiger partial charge on any atom is -0.506 e. The Balaban J connectivity index is 3.25. The summed E-state index contributed by atoms with van der Waals surface area (Å²) >= 11 is 2.93. The number of benzene rings is 1. The maximum Gasteiger partial charge on any atom is 0.339 e. The molecule has 0 saturated carbocycles. The molecule has 0 spiro atoms. The number of esters is 1. The van der Waals surface area contributed by atoms with Crippen LogP contribution in [-0.4, -0.2) is 22.8 Å². The predicted octanol–water partition coefficient (Wildman–Crippen LogP) is 2.20. The van der Waals surface area contributed by atoms with Crippen LogP contribution in [-0.2, 0) is 9.53 Å². The van der Waals surface area contributed by atoms with Crippen LogP contribution in [0.2, 0.25) is 0 Å². The molecule has 94 valence electrons. The second-order valence-corrected chi connectivity index (χ2v) is 4.24. The van der Waals surface area contributed by atoms with E-state index in [1.807, 2.05) is 0 Å². The molecule has 1 aromatic carbocycles. The summed E-state index contributed by atoms with van der Waals surface area (Å²) in [6.45, 7) is 3.03. The molecule has 1 rings (SSSR count). The van der Waals surface area contributed by atoms with Crippen molar-refractivity contribution in [3.8, 4) is 5.75 Å². The molecule has 0 bridgehead atoms. The molecular formula is C11H12BrFO4. The Labute approximate surface area is 106 Å². The van der Waals surface area contributed by atoms with E-state index < -0.39 is 17.9 Å². The fraction of sp³-hybridized carbons (Fsp3) is 0.364. The summed E-state index contributed by atoms with van der Waals surface area (Å²) in [6, 6.07) is 1.06. The van der Waals surface area contributed by atoms with E-state index in [0.717, 1.165) is 6.07 Å². The van der Waals surface area contributed by atoms with Gasteiger partial charge < -0.3 is 14.9 Å². The van der Waals surface area contributed by atoms with Crippen molar-refractivity contribution < 1.29 is 24.1 Å². The Kier molecular flexibility index (Phi) is 4.47. The molecule has 1 aromatic rings. The van der Waals surface area contributed by atoms with Gasteiger partial charge in [-0.3, -0.25) is 0 Å². The summed E-state index contributed by atoms with van der Waals surface area (Å²) in [7, 11) is 0. The number of phenols is 1. The number of carbonyl (C=O) groups excluding carboxylic acids is 1. The van der Waals surface area contributed by atoms with Crippen molar-refractivity contribution in [1.29, 1.82) is 0 Å². The van der Waals surface area contributed by atoms with Crippen LogP contribution in [0.25, 0.3) is 0 Å². The second-order valence-electron chi connectivity index (χ2n) is 3.38. The Morgan fingerprint density at radius 2 is 2.24 bits per heavy atom. The number of aromatic hydroxyl groups is 1. The molecule has 0 amide bonds. The Morgan fingerprint density at radius 1 is 1.65 bits per heavy atom. The Bertz CT molecular complexity index is 421. The zero-order valence-corrected chi connectivity index (χ0v) is 10.9. The number of rotatable bonds is 3. The van der Waals surface area contributed by atoms with Gasteiger partial charge in [-0.1, -0.05) is 0 Å². The van der Waals surface area contributed by atoms with Gasteiger partial charge in [0.1, 0.15) is 11.6 Å². The van der Waals surface area contributed by atoms with Crippen molar-refractivity contribution in [2.45, 2.75) is 20.0 Å². The number of aliphatic hydroxyl groups is 1. The van der Waals surface area contributed by atoms with Gasteiger partial charge in [0.25, 0.3) is 0 Å². The molecule has 2 N–H and O–H groups in total. The Hall–Kier alpha value is -1.14. The topological polar surface area (TPSA) is 66.8 Å². The lowest BCUT2D eigenvalue weighted by atomic mass is 10.0. The molecule has 0 aliphatic heterocycles. The minimum atomic E-state index is -1.71. The first-order valence-corrected chi connectivity index (χ1v) is 5.71. The highest BCUT2D eigenvalue weighted by atomic mass is 79.9. The van der Waals surface area contributed by atoms with Gasteiger partial charge in [0, 0.05) is 5.56 Å². The van der Waals surface area contributed by atoms with Crippen molar-refractivity contribution in [1.82, 2.24) is 0 Å². The maximum absolute atomic E-state index is 13.4. The second kappa shape index (κ2) is 5.46. The molecule has 17 heavy (non-hydrogen) atoms. The maximum atomic E-state index is 13.4. The van der Waals surface area contributed by atoms with Gasteiger partial charge >= 0.3 is 5.97 Å². The average Bonchev–Trinajstić information content (AvgIpc) is 2.27. The van der Waals surface area contributed by atoms with Crippen LogP contribution < -0.4 is 0 Å². The van der Waals surface area contributed by atoms with Crippen molar-refractivity contribution in [2.75, 3.05) is 6.61 Å². The van der Waals surface area contributed by atoms with E-state index in [-0.39, 0.29) is 28.0 Å². The number of carbonyl (C=O) groups is 1. The summed E-state index contributed by atoms with van der Waals surface area (Å²) in [6.07, 6.45) is -1.71. The standard InChI is InChI=1S/C11H12BrFO4/c1-3-17-11(16)10(15)8-5(2)7(13)4-6(12)9(8)14/h4,10,14-15H,3H2,1-2H3. The van der Waals surface area contributed by atoms with E-state index in [1.54, 1.807) is 6.92 Å². The van der Waals surface area contributed by atoms with E-state index in [9.17, 15) is 19.4 Å². The third kappa shape index (κ3) is 2.76. The van der Waals surface area contributed by atoms with Gasteiger partial charge in [-0.25, -0.2) is 9.18 Å². The first-order valence-electron chi connectivity index (χ1n) is 4.92. The number of ether oxygens (including phenoxy) is 1. The quantitative estimate of drug-likeness (QED) is 0.840. The van der Waals surface area contributed by atoms with Crippen molar-refractivity contribution in [3.63, 3.8) is 0 Å². The van der Waals surface area contributed by atoms with E-state index >= 15 is 0 Å². The molecule has 0 heterocycles. The fourth-order valence-corrected chi connectivity index (χ4v) is 1.81. The molecule has 0 aromatic heterocycles. The molecule has 0 saturated heterocycles. The van der Waals surface area contributed by atoms with Gasteiger partial charge in [-0.15, -0.1) is 0 Å². The van der Waals surface area contributed by atoms with Gasteiger partial charge in [0.05, 0.1) is 11.1 Å². The smallest absolute Gasteiger partial charge is 0.339 e. The SMILES string of the molecule is CCOC(=O)C(O)c1c(C)c(F)cc(Br)c1O. The molecule has 4 nitrogen and oxygen atoms in total. The summed E-state index contributed by atoms with van der Waals surface area (Å²) < 4.78 is 18.1. The zero-order chi connectivity index (χ0) is 13.2. The summed E-state index contributed by atoms with van der Waals surface area (Å²) in [5.41, 5.74) is -0.179. The van der Waals surface area contributed by atoms with Gasteiger partial charge in [0.15, 0.2) is 6.10 Å². The van der Waals surface area contributed by atoms with Crippen LogP contribution in [0.3, 0.4) is 0 Å². The molecule has 6 heteroatoms. The van der Waals surface area contributed by atoms with Crippen LogP contribution in [0.1, 0.15) is 24.2 Å². The lowest BCUT2D eigenvalue weighted by Gasteiger charge is -2.15. The Morgan fingerprint density at radius 3 is 2.76 bits per heavy atom. The number of phenolic OH excluding ortho intramolecular Hbond substituents is 1. The number of hydrogen-bond donors (Lipinski definition) is 2. The zero-order valence-electron chi connectivity index (χ0n) is 9.33. The highest BCUT2D eigenvalue weighted by Gasteiger charge is 2.27. The monoisotopic (exact) mass is 306 g/mol. The molecule has 1 unspecified atom stereocenters. The largest absolute Gasteiger partial charge is 0.506 e. The molecular weight excluding hydrogens is 295 g/mol. The minimum absolute atomic E-state index is 0.00579. The number of halogens is 2. The lowest BCUT2D eigenvalue weighted by Crippen LogP contribution is -2.17. The summed E-state index contributed by atoms with van der Waals surface area (Å²) in [5, 5.41) is 19.4. The summed E-state index contributed by atoms with van der Waals surface area (Å²) in [4.78, 5) is 11.3. The van der Waals surface area contributed by atoms with Crippen LogP contribution in [0.15, 0.2) is 10.5 Å². The van der Waals surface area contributed by atoms with Crippen LogP contribution in [0.4, 0.5) is 4.39 Å². The van der Waals surface area contributed by atoms with Crippen molar-refractivity contribution >= 4 is 21.9 Å². The molecule has 0 aliphatic rings. The fourth-order valence-electron chi connectivity index (χ4n) is 1.40. The van der Waals surface area contributed by atoms with Crippen molar-refractivity contribution in [3.05, 3.63) is 27.5 Å². The van der Waals surface area contributed by atoms with Crippen LogP contribution in [0.5, 0.6) is 5.75 Å². The number of hydrogen-bond acceptors (Lipinski definition) is 4. The normalized spacial score (nSPS) is 12.3. The number of aliphatic hydroxyl groups excluding tert-OH is 1. The highest BCUT2D eigenvalue weighted by Crippen LogP contribution is 2.36. The molecule has 0 radical (unpaired) electrons. The van der Waals surface area contributed by atoms with E-state index in [0.29, 0.717) is 0 Å². The van der Waals surface area contributed by atoms with Crippen molar-refractivity contribution in [2.24, 2.45) is 0 Å². The van der Waals surface area contributed by atoms with E-state index in [4.69, 9.17) is 0 Å². The highest BCUT2D eigenvalue weighted by molar-refractivity contribution is 9.10. The van der Waals surface area contributed by atoms with E-state index in [2.05, 4.69) is 20.7 Å². The molecule has 0 aliphatic carbocycles. The predicted molar refractivity (Wildman–Crippen MR) is 62.1 cm³/mol. The van der Waals surface area contributed by atoms with Crippen LogP contribution in [0, 0.1) is 12.7 Å². The van der Waals surface area contributed by atoms with Gasteiger partial charge in [-0.2, -0.15) is 0 Å². The van der Waals surface area contributed by atoms with E-state index in [1.165, 1.54) is 6.92 Å². The molecule has 1 atom stereocenters. The third-order valence-corrected chi connectivity index (χ3v) is 2.88. The lowest BCUT2D eigenvalue weighted by molar-refractivity contribution is -0.153. The first kappa shape index (κ1) is 13.9. The van der Waals surface area contributed by atoms with Crippen LogP contribution >= 0.6 is 15.9 Å². The third-order valence-electron chi connectivity index (χ3n) is 2.28.